The Morgan fingerprint density at radius 3 is 2.50 bits per heavy atom. The fourth-order valence-electron chi connectivity index (χ4n) is 3.89. The molecule has 5 rings (SSSR count). The number of nitrogens with zero attached hydrogens (tertiary/aromatic N) is 5. The summed E-state index contributed by atoms with van der Waals surface area (Å²) >= 11 is 1.63. The molecule has 0 spiro atoms. The van der Waals surface area contributed by atoms with Crippen molar-refractivity contribution in [1.29, 1.82) is 0 Å². The number of benzene rings is 2. The van der Waals surface area contributed by atoms with E-state index in [4.69, 9.17) is 4.42 Å². The van der Waals surface area contributed by atoms with Crippen molar-refractivity contribution in [2.45, 2.75) is 43.3 Å². The van der Waals surface area contributed by atoms with Crippen LogP contribution < -0.4 is 0 Å². The summed E-state index contributed by atoms with van der Waals surface area (Å²) in [5.74, 6) is 2.37. The van der Waals surface area contributed by atoms with Gasteiger partial charge in [-0.05, 0) is 43.6 Å². The number of oxazole rings is 1. The molecule has 1 aliphatic rings. The third kappa shape index (κ3) is 4.42. The van der Waals surface area contributed by atoms with Gasteiger partial charge in [-0.2, -0.15) is 0 Å². The van der Waals surface area contributed by atoms with E-state index in [2.05, 4.69) is 48.9 Å². The summed E-state index contributed by atoms with van der Waals surface area (Å²) in [4.78, 5) is 7.08. The lowest BCUT2D eigenvalue weighted by Gasteiger charge is -2.26. The van der Waals surface area contributed by atoms with Gasteiger partial charge in [-0.1, -0.05) is 60.6 Å². The van der Waals surface area contributed by atoms with Gasteiger partial charge in [-0.15, -0.1) is 10.2 Å². The normalized spacial score (nSPS) is 15.1. The lowest BCUT2D eigenvalue weighted by Crippen LogP contribution is -2.30. The molecule has 6 nitrogen and oxygen atoms in total. The van der Waals surface area contributed by atoms with Crippen molar-refractivity contribution in [3.63, 3.8) is 0 Å². The monoisotopic (exact) mass is 419 g/mol. The SMILES string of the molecule is c1ccc(Cn2c(CN3CCCCC3)nnc2SCc2nc3ccccc3o2)cc1. The van der Waals surface area contributed by atoms with Crippen molar-refractivity contribution in [2.75, 3.05) is 13.1 Å². The summed E-state index contributed by atoms with van der Waals surface area (Å²) in [6.45, 7) is 3.91. The zero-order chi connectivity index (χ0) is 20.2. The van der Waals surface area contributed by atoms with E-state index in [1.165, 1.54) is 24.8 Å². The van der Waals surface area contributed by atoms with Crippen LogP contribution in [0.1, 0.15) is 36.5 Å². The first kappa shape index (κ1) is 19.3. The molecule has 2 aromatic carbocycles. The van der Waals surface area contributed by atoms with E-state index in [0.717, 1.165) is 48.3 Å². The van der Waals surface area contributed by atoms with Crippen LogP contribution in [0.4, 0.5) is 0 Å². The summed E-state index contributed by atoms with van der Waals surface area (Å²) in [7, 11) is 0. The zero-order valence-corrected chi connectivity index (χ0v) is 17.7. The molecule has 2 aromatic heterocycles. The predicted octanol–water partition coefficient (Wildman–Crippen LogP) is 4.75. The maximum absolute atomic E-state index is 5.88. The van der Waals surface area contributed by atoms with Crippen LogP contribution in [0.3, 0.4) is 0 Å². The first-order chi connectivity index (χ1) is 14.8. The summed E-state index contributed by atoms with van der Waals surface area (Å²) < 4.78 is 8.13. The van der Waals surface area contributed by atoms with E-state index >= 15 is 0 Å². The molecule has 0 atom stereocenters. The maximum Gasteiger partial charge on any atom is 0.205 e. The van der Waals surface area contributed by atoms with Crippen LogP contribution in [-0.4, -0.2) is 37.7 Å². The van der Waals surface area contributed by atoms with Gasteiger partial charge in [-0.3, -0.25) is 4.90 Å². The Morgan fingerprint density at radius 2 is 1.67 bits per heavy atom. The molecule has 0 radical (unpaired) electrons. The van der Waals surface area contributed by atoms with Gasteiger partial charge in [0.15, 0.2) is 10.7 Å². The van der Waals surface area contributed by atoms with Crippen molar-refractivity contribution < 1.29 is 4.42 Å². The number of hydrogen-bond acceptors (Lipinski definition) is 6. The Hall–Kier alpha value is -2.64. The highest BCUT2D eigenvalue weighted by molar-refractivity contribution is 7.98. The topological polar surface area (TPSA) is 60.0 Å². The van der Waals surface area contributed by atoms with Crippen LogP contribution in [0.5, 0.6) is 0 Å². The fourth-order valence-corrected chi connectivity index (χ4v) is 4.69. The van der Waals surface area contributed by atoms with Crippen LogP contribution in [-0.2, 0) is 18.8 Å². The third-order valence-corrected chi connectivity index (χ3v) is 6.41. The molecule has 0 aliphatic carbocycles. The Balaban J connectivity index is 1.37. The number of fused-ring (bicyclic) bond motifs is 1. The minimum Gasteiger partial charge on any atom is -0.440 e. The summed E-state index contributed by atoms with van der Waals surface area (Å²) in [6.07, 6.45) is 3.87. The molecule has 0 amide bonds. The molecular weight excluding hydrogens is 394 g/mol. The number of para-hydroxylation sites is 2. The van der Waals surface area contributed by atoms with Crippen LogP contribution >= 0.6 is 11.8 Å². The fraction of sp³-hybridized carbons (Fsp3) is 0.348. The standard InChI is InChI=1S/C23H25N5OS/c1-3-9-18(10-4-1)15-28-21(16-27-13-7-2-8-14-27)25-26-23(28)30-17-22-24-19-11-5-6-12-20(19)29-22/h1,3-6,9-12H,2,7-8,13-17H2. The number of piperidine rings is 1. The molecule has 1 aliphatic heterocycles. The molecule has 0 saturated carbocycles. The lowest BCUT2D eigenvalue weighted by molar-refractivity contribution is 0.213. The first-order valence-corrected chi connectivity index (χ1v) is 11.5. The van der Waals surface area contributed by atoms with Crippen molar-refractivity contribution in [1.82, 2.24) is 24.6 Å². The quantitative estimate of drug-likeness (QED) is 0.403. The Bertz CT molecular complexity index is 1070. The molecule has 7 heteroatoms. The second kappa shape index (κ2) is 9.02. The van der Waals surface area contributed by atoms with Gasteiger partial charge in [-0.25, -0.2) is 4.98 Å². The van der Waals surface area contributed by atoms with E-state index in [-0.39, 0.29) is 0 Å². The average molecular weight is 420 g/mol. The molecular formula is C23H25N5OS. The van der Waals surface area contributed by atoms with Gasteiger partial charge in [0.25, 0.3) is 0 Å². The Kier molecular flexibility index (Phi) is 5.81. The van der Waals surface area contributed by atoms with Crippen molar-refractivity contribution in [3.8, 4) is 0 Å². The molecule has 0 unspecified atom stereocenters. The minimum absolute atomic E-state index is 0.630. The molecule has 3 heterocycles. The highest BCUT2D eigenvalue weighted by Crippen LogP contribution is 2.25. The second-order valence-electron chi connectivity index (χ2n) is 7.67. The first-order valence-electron chi connectivity index (χ1n) is 10.5. The van der Waals surface area contributed by atoms with Gasteiger partial charge in [0.1, 0.15) is 11.3 Å². The second-order valence-corrected chi connectivity index (χ2v) is 8.61. The lowest BCUT2D eigenvalue weighted by atomic mass is 10.1. The molecule has 1 saturated heterocycles. The van der Waals surface area contributed by atoms with Crippen LogP contribution in [0.25, 0.3) is 11.1 Å². The highest BCUT2D eigenvalue weighted by Gasteiger charge is 2.18. The van der Waals surface area contributed by atoms with Crippen LogP contribution in [0.2, 0.25) is 0 Å². The van der Waals surface area contributed by atoms with E-state index in [0.29, 0.717) is 11.6 Å². The van der Waals surface area contributed by atoms with Crippen molar-refractivity contribution >= 4 is 22.9 Å². The van der Waals surface area contributed by atoms with Crippen molar-refractivity contribution in [3.05, 3.63) is 71.9 Å². The van der Waals surface area contributed by atoms with E-state index in [1.807, 2.05) is 30.3 Å². The van der Waals surface area contributed by atoms with Crippen LogP contribution in [0, 0.1) is 0 Å². The molecule has 154 valence electrons. The number of aromatic nitrogens is 4. The molecule has 4 aromatic rings. The van der Waals surface area contributed by atoms with E-state index < -0.39 is 0 Å². The summed E-state index contributed by atoms with van der Waals surface area (Å²) in [5, 5.41) is 10.00. The highest BCUT2D eigenvalue weighted by atomic mass is 32.2. The van der Waals surface area contributed by atoms with Gasteiger partial charge >= 0.3 is 0 Å². The summed E-state index contributed by atoms with van der Waals surface area (Å²) in [5.41, 5.74) is 2.97. The van der Waals surface area contributed by atoms with Gasteiger partial charge in [0, 0.05) is 0 Å². The minimum atomic E-state index is 0.630. The van der Waals surface area contributed by atoms with Crippen LogP contribution in [0.15, 0.2) is 64.2 Å². The number of hydrogen-bond donors (Lipinski definition) is 0. The molecule has 1 fully saturated rings. The Morgan fingerprint density at radius 1 is 0.867 bits per heavy atom. The van der Waals surface area contributed by atoms with Gasteiger partial charge in [0.2, 0.25) is 5.89 Å². The third-order valence-electron chi connectivity index (χ3n) is 5.45. The zero-order valence-electron chi connectivity index (χ0n) is 16.9. The van der Waals surface area contributed by atoms with Gasteiger partial charge in [0.05, 0.1) is 18.8 Å². The smallest absolute Gasteiger partial charge is 0.205 e. The number of likely N-dealkylation sites (tertiary alicyclic amines) is 1. The Labute approximate surface area is 180 Å². The largest absolute Gasteiger partial charge is 0.440 e. The maximum atomic E-state index is 5.88. The summed E-state index contributed by atoms with van der Waals surface area (Å²) in [6, 6.07) is 18.4. The molecule has 30 heavy (non-hydrogen) atoms. The van der Waals surface area contributed by atoms with E-state index in [1.54, 1.807) is 11.8 Å². The van der Waals surface area contributed by atoms with E-state index in [9.17, 15) is 0 Å². The predicted molar refractivity (Wildman–Crippen MR) is 118 cm³/mol. The van der Waals surface area contributed by atoms with Crippen molar-refractivity contribution in [2.24, 2.45) is 0 Å². The number of rotatable bonds is 7. The van der Waals surface area contributed by atoms with Gasteiger partial charge < -0.3 is 8.98 Å². The molecule has 0 bridgehead atoms. The number of thioether (sulfide) groups is 1. The average Bonchev–Trinajstić information content (AvgIpc) is 3.37. The molecule has 0 N–H and O–H groups in total.